The van der Waals surface area contributed by atoms with Gasteiger partial charge in [0.15, 0.2) is 0 Å². The lowest BCUT2D eigenvalue weighted by Gasteiger charge is -2.41. The van der Waals surface area contributed by atoms with Gasteiger partial charge in [0.05, 0.1) is 69.1 Å². The number of ether oxygens (including phenoxy) is 4. The fourth-order valence-electron chi connectivity index (χ4n) is 10.1. The van der Waals surface area contributed by atoms with Gasteiger partial charge in [-0.2, -0.15) is 0 Å². The molecule has 2 fully saturated rings. The third-order valence-corrected chi connectivity index (χ3v) is 14.3. The maximum Gasteiger partial charge on any atom is 0.314 e. The number of carbonyl (C=O) groups is 6. The van der Waals surface area contributed by atoms with E-state index in [9.17, 15) is 28.8 Å². The highest BCUT2D eigenvalue weighted by Gasteiger charge is 2.43. The minimum atomic E-state index is -0.901. The first-order chi connectivity index (χ1) is 34.4. The molecule has 1 aromatic rings. The lowest BCUT2D eigenvalue weighted by Crippen LogP contribution is -2.59. The van der Waals surface area contributed by atoms with Crippen LogP contribution in [0.4, 0.5) is 4.79 Å². The molecular weight excluding hydrogens is 923 g/mol. The Balaban J connectivity index is 1.60. The smallest absolute Gasteiger partial charge is 0.314 e. The van der Waals surface area contributed by atoms with E-state index in [4.69, 9.17) is 18.9 Å². The van der Waals surface area contributed by atoms with Gasteiger partial charge in [0.1, 0.15) is 12.1 Å². The Bertz CT molecular complexity index is 1780. The Morgan fingerprint density at radius 2 is 1.40 bits per heavy atom. The van der Waals surface area contributed by atoms with Crippen molar-refractivity contribution in [1.82, 2.24) is 46.6 Å². The molecule has 2 aliphatic rings. The number of benzene rings is 1. The van der Waals surface area contributed by atoms with E-state index in [1.807, 2.05) is 90.9 Å². The third kappa shape index (κ3) is 19.8. The van der Waals surface area contributed by atoms with E-state index in [2.05, 4.69) is 31.9 Å². The molecule has 7 amide bonds. The van der Waals surface area contributed by atoms with Crippen molar-refractivity contribution < 1.29 is 47.7 Å². The zero-order valence-corrected chi connectivity index (χ0v) is 45.8. The molecule has 1 aromatic carbocycles. The molecule has 6 N–H and O–H groups in total. The maximum absolute atomic E-state index is 14.5. The van der Waals surface area contributed by atoms with Gasteiger partial charge in [0.25, 0.3) is 0 Å². The van der Waals surface area contributed by atoms with E-state index in [-0.39, 0.29) is 79.3 Å². The summed E-state index contributed by atoms with van der Waals surface area (Å²) in [5.41, 5.74) is 0.868. The molecule has 72 heavy (non-hydrogen) atoms. The minimum absolute atomic E-state index is 0.0159. The molecule has 410 valence electrons. The van der Waals surface area contributed by atoms with Gasteiger partial charge in [-0.3, -0.25) is 28.9 Å². The number of amides is 7. The first-order valence-electron chi connectivity index (χ1n) is 26.4. The standard InChI is InChI=1S/C53H93N9O10/c1-13-37(6)47(61(10)52(67)45(35(2)3)59-51(66)46(36(4)5)60(8)9)43(69-11)33-44(63)62-27-17-20-42(62)48(70-12)38(7)49(64)58-41(32-39-18-15-14-16-19-39)50(65)55-25-28-71-30-31-72-29-26-56-53(68)57-34-40-21-23-54-24-22-40/h14-16,18-19,35-38,40-43,45-48,54H,13,17,20-34H2,1-12H3,(H,55,65)(H,58,64)(H,59,66)(H2,56,57,68)/t37-,38+,41-,42-,43+,45-,46-,47-,48+/m0/s1. The Morgan fingerprint density at radius 3 is 1.97 bits per heavy atom. The van der Waals surface area contributed by atoms with Gasteiger partial charge >= 0.3 is 6.03 Å². The van der Waals surface area contributed by atoms with E-state index in [0.29, 0.717) is 64.6 Å². The van der Waals surface area contributed by atoms with Crippen molar-refractivity contribution in [3.8, 4) is 0 Å². The monoisotopic (exact) mass is 1020 g/mol. The minimum Gasteiger partial charge on any atom is -0.379 e. The number of urea groups is 1. The van der Waals surface area contributed by atoms with Crippen LogP contribution in [0.3, 0.4) is 0 Å². The molecule has 2 saturated heterocycles. The number of nitrogens with one attached hydrogen (secondary N) is 6. The topological polar surface area (TPSA) is 221 Å². The number of methoxy groups -OCH3 is 2. The maximum atomic E-state index is 14.5. The van der Waals surface area contributed by atoms with E-state index in [1.54, 1.807) is 30.9 Å². The fourth-order valence-corrected chi connectivity index (χ4v) is 10.1. The van der Waals surface area contributed by atoms with Gasteiger partial charge in [-0.15, -0.1) is 0 Å². The third-order valence-electron chi connectivity index (χ3n) is 14.3. The van der Waals surface area contributed by atoms with E-state index >= 15 is 0 Å². The molecule has 0 bridgehead atoms. The van der Waals surface area contributed by atoms with Gasteiger partial charge in [0, 0.05) is 53.9 Å². The van der Waals surface area contributed by atoms with E-state index in [1.165, 1.54) is 7.11 Å². The van der Waals surface area contributed by atoms with Gasteiger partial charge in [-0.1, -0.05) is 85.2 Å². The number of likely N-dealkylation sites (N-methyl/N-ethyl adjacent to an activating group) is 2. The van der Waals surface area contributed by atoms with Crippen molar-refractivity contribution in [3.05, 3.63) is 35.9 Å². The van der Waals surface area contributed by atoms with Crippen LogP contribution in [-0.4, -0.2) is 194 Å². The molecule has 0 spiro atoms. The number of nitrogens with zero attached hydrogens (tertiary/aromatic N) is 3. The predicted octanol–water partition coefficient (Wildman–Crippen LogP) is 2.81. The molecule has 0 unspecified atom stereocenters. The molecule has 19 nitrogen and oxygen atoms in total. The largest absolute Gasteiger partial charge is 0.379 e. The number of rotatable bonds is 32. The number of piperidine rings is 1. The molecule has 3 rings (SSSR count). The van der Waals surface area contributed by atoms with Crippen molar-refractivity contribution in [3.63, 3.8) is 0 Å². The van der Waals surface area contributed by atoms with Crippen LogP contribution in [0.2, 0.25) is 0 Å². The molecule has 9 atom stereocenters. The number of likely N-dealkylation sites (tertiary alicyclic amines) is 1. The highest BCUT2D eigenvalue weighted by atomic mass is 16.5. The lowest BCUT2D eigenvalue weighted by atomic mass is 9.89. The van der Waals surface area contributed by atoms with Crippen LogP contribution in [0.5, 0.6) is 0 Å². The summed E-state index contributed by atoms with van der Waals surface area (Å²) in [6.07, 6.45) is 3.03. The van der Waals surface area contributed by atoms with Crippen molar-refractivity contribution in [2.24, 2.45) is 29.6 Å². The number of hydrogen-bond donors (Lipinski definition) is 6. The summed E-state index contributed by atoms with van der Waals surface area (Å²) in [5.74, 6) is -1.88. The van der Waals surface area contributed by atoms with Gasteiger partial charge in [-0.05, 0) is 82.1 Å². The van der Waals surface area contributed by atoms with Crippen LogP contribution in [0.25, 0.3) is 0 Å². The predicted molar refractivity (Wildman–Crippen MR) is 279 cm³/mol. The first kappa shape index (κ1) is 61.9. The van der Waals surface area contributed by atoms with Crippen molar-refractivity contribution in [2.75, 3.05) is 101 Å². The second kappa shape index (κ2) is 32.7. The molecule has 2 heterocycles. The molecule has 0 aliphatic carbocycles. The van der Waals surface area contributed by atoms with E-state index in [0.717, 1.165) is 31.5 Å². The fraction of sp³-hybridized carbons (Fsp3) is 0.774. The first-order valence-corrected chi connectivity index (χ1v) is 26.4. The second-order valence-electron chi connectivity index (χ2n) is 20.6. The van der Waals surface area contributed by atoms with Crippen molar-refractivity contribution >= 4 is 35.6 Å². The zero-order valence-electron chi connectivity index (χ0n) is 45.8. The summed E-state index contributed by atoms with van der Waals surface area (Å²) in [5, 5.41) is 18.0. The van der Waals surface area contributed by atoms with Crippen LogP contribution in [-0.2, 0) is 49.3 Å². The van der Waals surface area contributed by atoms with E-state index < -0.39 is 48.3 Å². The molecule has 2 aliphatic heterocycles. The van der Waals surface area contributed by atoms with Crippen molar-refractivity contribution in [1.29, 1.82) is 0 Å². The van der Waals surface area contributed by atoms with Crippen LogP contribution in [0.15, 0.2) is 30.3 Å². The number of hydrogen-bond acceptors (Lipinski definition) is 12. The molecule has 0 aromatic heterocycles. The van der Waals surface area contributed by atoms with Crippen LogP contribution in [0, 0.1) is 29.6 Å². The average Bonchev–Trinajstić information content (AvgIpc) is 3.84. The van der Waals surface area contributed by atoms with Gasteiger partial charge in [0.2, 0.25) is 29.5 Å². The Labute approximate surface area is 431 Å². The molecule has 0 radical (unpaired) electrons. The summed E-state index contributed by atoms with van der Waals surface area (Å²) in [4.78, 5) is 87.6. The zero-order chi connectivity index (χ0) is 53.3. The average molecular weight is 1020 g/mol. The second-order valence-corrected chi connectivity index (χ2v) is 20.6. The van der Waals surface area contributed by atoms with Gasteiger partial charge < -0.3 is 60.6 Å². The SMILES string of the molecule is CC[C@H](C)[C@@H]([C@@H](CC(=O)N1CCC[C@H]1[C@H](OC)[C@@H](C)C(=O)N[C@@H](Cc1ccccc1)C(=O)NCCOCCOCCNC(=O)NCC1CCNCC1)OC)N(C)C(=O)[C@@H](NC(=O)[C@H](C(C)C)N(C)C)C(C)C. The summed E-state index contributed by atoms with van der Waals surface area (Å²) in [6.45, 7) is 18.5. The summed E-state index contributed by atoms with van der Waals surface area (Å²) >= 11 is 0. The quantitative estimate of drug-likeness (QED) is 0.0575. The lowest BCUT2D eigenvalue weighted by molar-refractivity contribution is -0.148. The number of carbonyl (C=O) groups excluding carboxylic acids is 6. The Hall–Kier alpha value is -4.40. The summed E-state index contributed by atoms with van der Waals surface area (Å²) in [7, 11) is 8.51. The summed E-state index contributed by atoms with van der Waals surface area (Å²) in [6, 6.07) is 6.21. The highest BCUT2D eigenvalue weighted by molar-refractivity contribution is 5.91. The van der Waals surface area contributed by atoms with Crippen LogP contribution < -0.4 is 31.9 Å². The molecular formula is C53H93N9O10. The van der Waals surface area contributed by atoms with Crippen LogP contribution >= 0.6 is 0 Å². The summed E-state index contributed by atoms with van der Waals surface area (Å²) < 4.78 is 23.4. The molecule has 0 saturated carbocycles. The van der Waals surface area contributed by atoms with Crippen LogP contribution in [0.1, 0.15) is 92.6 Å². The van der Waals surface area contributed by atoms with Gasteiger partial charge in [-0.25, -0.2) is 4.79 Å². The highest BCUT2D eigenvalue weighted by Crippen LogP contribution is 2.30. The normalized spacial score (nSPS) is 18.7. The molecule has 19 heteroatoms. The Kier molecular flexibility index (Phi) is 28.1. The Morgan fingerprint density at radius 1 is 0.764 bits per heavy atom. The van der Waals surface area contributed by atoms with Crippen molar-refractivity contribution in [2.45, 2.75) is 136 Å².